The Morgan fingerprint density at radius 2 is 1.86 bits per heavy atom. The van der Waals surface area contributed by atoms with Crippen LogP contribution in [-0.2, 0) is 0 Å². The van der Waals surface area contributed by atoms with E-state index in [0.717, 1.165) is 11.3 Å². The van der Waals surface area contributed by atoms with Crippen LogP contribution >= 0.6 is 0 Å². The third-order valence-electron chi connectivity index (χ3n) is 3.13. The minimum absolute atomic E-state index is 0.0250. The molecule has 0 spiro atoms. The average molecular weight is 292 g/mol. The quantitative estimate of drug-likeness (QED) is 0.728. The lowest BCUT2D eigenvalue weighted by atomic mass is 10.2. The van der Waals surface area contributed by atoms with Crippen molar-refractivity contribution in [3.63, 3.8) is 0 Å². The zero-order chi connectivity index (χ0) is 15.7. The monoisotopic (exact) mass is 292 g/mol. The summed E-state index contributed by atoms with van der Waals surface area (Å²) in [6.07, 6.45) is 0. The Labute approximate surface area is 125 Å². The highest BCUT2D eigenvalue weighted by Gasteiger charge is 2.15. The molecule has 0 amide bonds. The Morgan fingerprint density at radius 3 is 2.55 bits per heavy atom. The van der Waals surface area contributed by atoms with E-state index in [2.05, 4.69) is 25.5 Å². The molecule has 3 rings (SSSR count). The van der Waals surface area contributed by atoms with Crippen LogP contribution < -0.4 is 5.73 Å². The van der Waals surface area contributed by atoms with Crippen LogP contribution in [0.15, 0.2) is 34.5 Å². The number of nitrogens with zero attached hydrogens (tertiary/aromatic N) is 7. The van der Waals surface area contributed by atoms with Gasteiger partial charge in [-0.05, 0) is 26.0 Å². The molecule has 8 nitrogen and oxygen atoms in total. The van der Waals surface area contributed by atoms with Gasteiger partial charge in [-0.2, -0.15) is 20.0 Å². The molecular formula is C14H12N8. The third-order valence-corrected chi connectivity index (χ3v) is 3.13. The molecule has 0 saturated heterocycles. The topological polar surface area (TPSA) is 118 Å². The Kier molecular flexibility index (Phi) is 3.23. The van der Waals surface area contributed by atoms with E-state index in [4.69, 9.17) is 11.0 Å². The number of nitrogens with two attached hydrogens (primary N) is 1. The lowest BCUT2D eigenvalue weighted by molar-refractivity contribution is 0.879. The fourth-order valence-electron chi connectivity index (χ4n) is 1.93. The van der Waals surface area contributed by atoms with Crippen molar-refractivity contribution in [2.24, 2.45) is 10.2 Å². The number of hydrogen-bond donors (Lipinski definition) is 1. The van der Waals surface area contributed by atoms with Crippen LogP contribution in [0.2, 0.25) is 0 Å². The second-order valence-corrected chi connectivity index (χ2v) is 4.75. The first-order valence-electron chi connectivity index (χ1n) is 6.50. The maximum Gasteiger partial charge on any atom is 0.207 e. The molecule has 0 aliphatic heterocycles. The normalized spacial score (nSPS) is 11.1. The number of anilines is 1. The Hall–Kier alpha value is -3.34. The largest absolute Gasteiger partial charge is 0.381 e. The molecule has 22 heavy (non-hydrogen) atoms. The standard InChI is InChI=1S/C14H12N8/c1-8-3-5-10(6-4-8)17-19-12-9(2)21-22-13(16)11(7-15)18-20-14(12)22/h3-6H,16H2,1-2H3. The van der Waals surface area contributed by atoms with Crippen LogP contribution in [0, 0.1) is 25.2 Å². The minimum atomic E-state index is 0.0250. The average Bonchev–Trinajstić information content (AvgIpc) is 2.84. The number of nitrogen functional groups attached to an aromatic ring is 1. The van der Waals surface area contributed by atoms with Crippen LogP contribution in [0.25, 0.3) is 5.65 Å². The second-order valence-electron chi connectivity index (χ2n) is 4.75. The third kappa shape index (κ3) is 2.25. The molecule has 2 aromatic heterocycles. The van der Waals surface area contributed by atoms with Crippen LogP contribution in [-0.4, -0.2) is 19.8 Å². The molecule has 0 aliphatic carbocycles. The molecule has 3 aromatic rings. The molecule has 8 heteroatoms. The zero-order valence-corrected chi connectivity index (χ0v) is 12.0. The van der Waals surface area contributed by atoms with Gasteiger partial charge in [0.1, 0.15) is 6.07 Å². The van der Waals surface area contributed by atoms with Gasteiger partial charge < -0.3 is 5.73 Å². The van der Waals surface area contributed by atoms with Gasteiger partial charge in [0.2, 0.25) is 11.3 Å². The summed E-state index contributed by atoms with van der Waals surface area (Å²) in [6, 6.07) is 9.51. The molecule has 0 atom stereocenters. The molecule has 2 heterocycles. The van der Waals surface area contributed by atoms with Gasteiger partial charge in [-0.3, -0.25) is 0 Å². The van der Waals surface area contributed by atoms with Gasteiger partial charge in [0, 0.05) is 0 Å². The fourth-order valence-corrected chi connectivity index (χ4v) is 1.93. The first-order chi connectivity index (χ1) is 10.6. The second kappa shape index (κ2) is 5.21. The molecule has 2 N–H and O–H groups in total. The number of aryl methyl sites for hydroxylation is 2. The molecule has 1 aromatic carbocycles. The summed E-state index contributed by atoms with van der Waals surface area (Å²) in [7, 11) is 0. The van der Waals surface area contributed by atoms with Gasteiger partial charge in [0.15, 0.2) is 11.5 Å². The number of azo groups is 1. The van der Waals surface area contributed by atoms with E-state index in [0.29, 0.717) is 17.0 Å². The van der Waals surface area contributed by atoms with Crippen molar-refractivity contribution in [1.82, 2.24) is 19.8 Å². The van der Waals surface area contributed by atoms with E-state index in [1.165, 1.54) is 4.52 Å². The van der Waals surface area contributed by atoms with Crippen molar-refractivity contribution in [2.75, 3.05) is 5.73 Å². The van der Waals surface area contributed by atoms with Crippen molar-refractivity contribution in [3.05, 3.63) is 41.2 Å². The first-order valence-corrected chi connectivity index (χ1v) is 6.50. The highest BCUT2D eigenvalue weighted by atomic mass is 15.4. The van der Waals surface area contributed by atoms with Gasteiger partial charge in [-0.1, -0.05) is 17.7 Å². The number of aromatic nitrogens is 4. The van der Waals surface area contributed by atoms with E-state index in [1.807, 2.05) is 37.3 Å². The van der Waals surface area contributed by atoms with E-state index in [-0.39, 0.29) is 11.5 Å². The highest BCUT2D eigenvalue weighted by molar-refractivity contribution is 5.68. The summed E-state index contributed by atoms with van der Waals surface area (Å²) in [4.78, 5) is 0. The van der Waals surface area contributed by atoms with Crippen molar-refractivity contribution in [3.8, 4) is 6.07 Å². The smallest absolute Gasteiger partial charge is 0.207 e. The Balaban J connectivity index is 2.08. The molecule has 0 aliphatic rings. The zero-order valence-electron chi connectivity index (χ0n) is 12.0. The summed E-state index contributed by atoms with van der Waals surface area (Å²) < 4.78 is 1.35. The summed E-state index contributed by atoms with van der Waals surface area (Å²) in [6.45, 7) is 3.77. The summed E-state index contributed by atoms with van der Waals surface area (Å²) in [5.74, 6) is 0.132. The summed E-state index contributed by atoms with van der Waals surface area (Å²) in [5.41, 5.74) is 9.18. The van der Waals surface area contributed by atoms with E-state index >= 15 is 0 Å². The van der Waals surface area contributed by atoms with Gasteiger partial charge in [-0.25, -0.2) is 0 Å². The molecule has 0 fully saturated rings. The lowest BCUT2D eigenvalue weighted by Crippen LogP contribution is -2.05. The van der Waals surface area contributed by atoms with Gasteiger partial charge in [-0.15, -0.1) is 15.3 Å². The summed E-state index contributed by atoms with van der Waals surface area (Å²) in [5, 5.41) is 29.2. The highest BCUT2D eigenvalue weighted by Crippen LogP contribution is 2.27. The van der Waals surface area contributed by atoms with Crippen molar-refractivity contribution in [1.29, 1.82) is 5.26 Å². The molecule has 0 bridgehead atoms. The predicted molar refractivity (Wildman–Crippen MR) is 80.0 cm³/mol. The molecule has 0 unspecified atom stereocenters. The number of hydrogen-bond acceptors (Lipinski definition) is 7. The van der Waals surface area contributed by atoms with E-state index < -0.39 is 0 Å². The van der Waals surface area contributed by atoms with Crippen molar-refractivity contribution >= 4 is 22.8 Å². The van der Waals surface area contributed by atoms with Crippen molar-refractivity contribution < 1.29 is 0 Å². The van der Waals surface area contributed by atoms with Crippen molar-refractivity contribution in [2.45, 2.75) is 13.8 Å². The molecule has 0 radical (unpaired) electrons. The van der Waals surface area contributed by atoms with E-state index in [1.54, 1.807) is 6.92 Å². The maximum atomic E-state index is 8.91. The Bertz CT molecular complexity index is 915. The molecule has 0 saturated carbocycles. The number of benzene rings is 1. The molecule has 108 valence electrons. The van der Waals surface area contributed by atoms with Gasteiger partial charge in [0.25, 0.3) is 0 Å². The van der Waals surface area contributed by atoms with Gasteiger partial charge >= 0.3 is 0 Å². The number of fused-ring (bicyclic) bond motifs is 1. The van der Waals surface area contributed by atoms with Gasteiger partial charge in [0.05, 0.1) is 11.4 Å². The van der Waals surface area contributed by atoms with Crippen LogP contribution in [0.1, 0.15) is 17.0 Å². The summed E-state index contributed by atoms with van der Waals surface area (Å²) >= 11 is 0. The van der Waals surface area contributed by atoms with Crippen LogP contribution in [0.5, 0.6) is 0 Å². The van der Waals surface area contributed by atoms with E-state index in [9.17, 15) is 0 Å². The van der Waals surface area contributed by atoms with Crippen LogP contribution in [0.3, 0.4) is 0 Å². The predicted octanol–water partition coefficient (Wildman–Crippen LogP) is 2.61. The minimum Gasteiger partial charge on any atom is -0.381 e. The maximum absolute atomic E-state index is 8.91. The molecular weight excluding hydrogens is 280 g/mol. The number of rotatable bonds is 2. The number of nitriles is 1. The lowest BCUT2D eigenvalue weighted by Gasteiger charge is -1.98. The SMILES string of the molecule is Cc1ccc(N=Nc2c(C)nn3c(N)c(C#N)nnc23)cc1. The fraction of sp³-hybridized carbons (Fsp3) is 0.143. The first kappa shape index (κ1) is 13.6. The van der Waals surface area contributed by atoms with Crippen LogP contribution in [0.4, 0.5) is 17.2 Å². The Morgan fingerprint density at radius 1 is 1.14 bits per heavy atom.